The number of alkyl halides is 3. The molecule has 1 saturated heterocycles. The molecule has 0 bridgehead atoms. The summed E-state index contributed by atoms with van der Waals surface area (Å²) in [4.78, 5) is 11.5. The zero-order valence-electron chi connectivity index (χ0n) is 15.1. The van der Waals surface area contributed by atoms with Gasteiger partial charge in [0.05, 0.1) is 9.79 Å². The maximum atomic E-state index is 12.5. The molecule has 0 unspecified atom stereocenters. The normalized spacial score (nSPS) is 15.3. The first kappa shape index (κ1) is 22.1. The van der Waals surface area contributed by atoms with Crippen LogP contribution in [-0.4, -0.2) is 46.5 Å². The van der Waals surface area contributed by atoms with Crippen LogP contribution in [0.2, 0.25) is 0 Å². The molecule has 2 aromatic carbocycles. The van der Waals surface area contributed by atoms with Crippen molar-refractivity contribution in [1.29, 1.82) is 0 Å². The highest BCUT2D eigenvalue weighted by Crippen LogP contribution is 2.24. The standard InChI is InChI=1S/C17H15F3N2O6S2/c18-17(19,20)28-13-7-5-12(6-8-13)16(23)21-29(24,25)14-3-1-4-15(11-14)30(26,27)22-9-2-10-22/h1,3-8,11H,2,9-10H2,(H,21,23). The van der Waals surface area contributed by atoms with E-state index in [1.807, 2.05) is 0 Å². The summed E-state index contributed by atoms with van der Waals surface area (Å²) in [6, 6.07) is 8.15. The van der Waals surface area contributed by atoms with E-state index < -0.39 is 43.0 Å². The molecule has 0 atom stereocenters. The fourth-order valence-corrected chi connectivity index (χ4v) is 5.18. The molecule has 0 spiro atoms. The van der Waals surface area contributed by atoms with Crippen molar-refractivity contribution >= 4 is 26.0 Å². The molecule has 0 aromatic heterocycles. The van der Waals surface area contributed by atoms with Crippen molar-refractivity contribution in [2.24, 2.45) is 0 Å². The van der Waals surface area contributed by atoms with Crippen molar-refractivity contribution in [2.45, 2.75) is 22.6 Å². The van der Waals surface area contributed by atoms with Gasteiger partial charge in [0.2, 0.25) is 10.0 Å². The smallest absolute Gasteiger partial charge is 0.406 e. The number of sulfonamides is 2. The van der Waals surface area contributed by atoms with Crippen LogP contribution >= 0.6 is 0 Å². The van der Waals surface area contributed by atoms with Crippen molar-refractivity contribution in [1.82, 2.24) is 9.03 Å². The van der Waals surface area contributed by atoms with Gasteiger partial charge in [-0.3, -0.25) is 4.79 Å². The average Bonchev–Trinajstić information content (AvgIpc) is 2.59. The SMILES string of the molecule is O=C(NS(=O)(=O)c1cccc(S(=O)(=O)N2CCC2)c1)c1ccc(OC(F)(F)F)cc1. The number of nitrogens with one attached hydrogen (secondary N) is 1. The third-order valence-electron chi connectivity index (χ3n) is 4.15. The van der Waals surface area contributed by atoms with E-state index in [4.69, 9.17) is 0 Å². The number of hydrogen-bond donors (Lipinski definition) is 1. The summed E-state index contributed by atoms with van der Waals surface area (Å²) >= 11 is 0. The monoisotopic (exact) mass is 464 g/mol. The van der Waals surface area contributed by atoms with Gasteiger partial charge in [-0.05, 0) is 48.9 Å². The summed E-state index contributed by atoms with van der Waals surface area (Å²) in [6.45, 7) is 0.675. The molecule has 1 N–H and O–H groups in total. The molecule has 1 heterocycles. The number of hydrogen-bond acceptors (Lipinski definition) is 6. The van der Waals surface area contributed by atoms with Gasteiger partial charge >= 0.3 is 6.36 Å². The second-order valence-corrected chi connectivity index (χ2v) is 9.86. The Hall–Kier alpha value is -2.64. The maximum absolute atomic E-state index is 12.5. The predicted octanol–water partition coefficient (Wildman–Crippen LogP) is 2.10. The molecule has 2 aromatic rings. The Balaban J connectivity index is 1.78. The van der Waals surface area contributed by atoms with Crippen LogP contribution in [0.5, 0.6) is 5.75 Å². The zero-order chi connectivity index (χ0) is 22.2. The summed E-state index contributed by atoms with van der Waals surface area (Å²) < 4.78 is 93.0. The highest BCUT2D eigenvalue weighted by molar-refractivity contribution is 7.90. The first-order valence-electron chi connectivity index (χ1n) is 8.42. The van der Waals surface area contributed by atoms with Crippen molar-refractivity contribution in [2.75, 3.05) is 13.1 Å². The summed E-state index contributed by atoms with van der Waals surface area (Å²) in [5, 5.41) is 0. The minimum atomic E-state index is -4.91. The highest BCUT2D eigenvalue weighted by atomic mass is 32.2. The Labute approximate surface area is 170 Å². The number of amides is 1. The van der Waals surface area contributed by atoms with Gasteiger partial charge in [0.1, 0.15) is 5.75 Å². The van der Waals surface area contributed by atoms with Gasteiger partial charge in [0.15, 0.2) is 0 Å². The quantitative estimate of drug-likeness (QED) is 0.701. The lowest BCUT2D eigenvalue weighted by atomic mass is 10.2. The molecule has 0 radical (unpaired) electrons. The molecule has 1 aliphatic heterocycles. The number of rotatable bonds is 6. The van der Waals surface area contributed by atoms with E-state index in [0.29, 0.717) is 19.5 Å². The Kier molecular flexibility index (Phi) is 5.80. The second-order valence-electron chi connectivity index (χ2n) is 6.24. The van der Waals surface area contributed by atoms with E-state index in [1.54, 1.807) is 4.72 Å². The second kappa shape index (κ2) is 7.89. The van der Waals surface area contributed by atoms with Crippen molar-refractivity contribution in [3.8, 4) is 5.75 Å². The molecule has 0 aliphatic carbocycles. The first-order chi connectivity index (χ1) is 13.9. The summed E-state index contributed by atoms with van der Waals surface area (Å²) in [5.74, 6) is -1.68. The minimum absolute atomic E-state index is 0.230. The first-order valence-corrected chi connectivity index (χ1v) is 11.3. The molecular weight excluding hydrogens is 449 g/mol. The van der Waals surface area contributed by atoms with Crippen LogP contribution in [0.1, 0.15) is 16.8 Å². The average molecular weight is 464 g/mol. The van der Waals surface area contributed by atoms with Crippen LogP contribution in [0, 0.1) is 0 Å². The van der Waals surface area contributed by atoms with Gasteiger partial charge < -0.3 is 4.74 Å². The Morgan fingerprint density at radius 2 is 1.57 bits per heavy atom. The molecule has 0 saturated carbocycles. The zero-order valence-corrected chi connectivity index (χ0v) is 16.7. The van der Waals surface area contributed by atoms with Crippen molar-refractivity contribution < 1.29 is 39.5 Å². The largest absolute Gasteiger partial charge is 0.573 e. The lowest BCUT2D eigenvalue weighted by molar-refractivity contribution is -0.274. The third kappa shape index (κ3) is 4.91. The van der Waals surface area contributed by atoms with Crippen LogP contribution in [0.3, 0.4) is 0 Å². The molecule has 162 valence electrons. The number of carbonyl (C=O) groups excluding carboxylic acids is 1. The van der Waals surface area contributed by atoms with Crippen LogP contribution in [0.15, 0.2) is 58.3 Å². The van der Waals surface area contributed by atoms with Gasteiger partial charge in [-0.1, -0.05) is 6.07 Å². The van der Waals surface area contributed by atoms with E-state index >= 15 is 0 Å². The lowest BCUT2D eigenvalue weighted by Crippen LogP contribution is -2.42. The molecule has 13 heteroatoms. The molecule has 1 amide bonds. The maximum Gasteiger partial charge on any atom is 0.573 e. The molecule has 1 aliphatic rings. The summed E-state index contributed by atoms with van der Waals surface area (Å²) in [5.41, 5.74) is -0.238. The van der Waals surface area contributed by atoms with Crippen LogP contribution in [0.4, 0.5) is 13.2 Å². The minimum Gasteiger partial charge on any atom is -0.406 e. The molecule has 30 heavy (non-hydrogen) atoms. The molecule has 3 rings (SSSR count). The summed E-state index contributed by atoms with van der Waals surface area (Å²) in [6.07, 6.45) is -4.20. The van der Waals surface area contributed by atoms with E-state index in [0.717, 1.165) is 36.4 Å². The fraction of sp³-hybridized carbons (Fsp3) is 0.235. The fourth-order valence-electron chi connectivity index (χ4n) is 2.53. The number of carbonyl (C=O) groups is 1. The number of ether oxygens (including phenoxy) is 1. The molecular formula is C17H15F3N2O6S2. The predicted molar refractivity (Wildman–Crippen MR) is 97.6 cm³/mol. The topological polar surface area (TPSA) is 110 Å². The summed E-state index contributed by atoms with van der Waals surface area (Å²) in [7, 11) is -8.27. The van der Waals surface area contributed by atoms with Crippen molar-refractivity contribution in [3.63, 3.8) is 0 Å². The Morgan fingerprint density at radius 1 is 0.967 bits per heavy atom. The van der Waals surface area contributed by atoms with Gasteiger partial charge in [-0.25, -0.2) is 21.6 Å². The van der Waals surface area contributed by atoms with Gasteiger partial charge in [0, 0.05) is 18.7 Å². The number of halogens is 3. The van der Waals surface area contributed by atoms with Crippen LogP contribution < -0.4 is 9.46 Å². The highest BCUT2D eigenvalue weighted by Gasteiger charge is 2.32. The number of nitrogens with zero attached hydrogens (tertiary/aromatic N) is 1. The van der Waals surface area contributed by atoms with E-state index in [2.05, 4.69) is 4.74 Å². The van der Waals surface area contributed by atoms with E-state index in [-0.39, 0.29) is 10.5 Å². The van der Waals surface area contributed by atoms with Crippen LogP contribution in [0.25, 0.3) is 0 Å². The molecule has 1 fully saturated rings. The lowest BCUT2D eigenvalue weighted by Gasteiger charge is -2.29. The van der Waals surface area contributed by atoms with Crippen molar-refractivity contribution in [3.05, 3.63) is 54.1 Å². The van der Waals surface area contributed by atoms with E-state index in [9.17, 15) is 34.8 Å². The Morgan fingerprint density at radius 3 is 2.10 bits per heavy atom. The third-order valence-corrected chi connectivity index (χ3v) is 7.37. The Bertz CT molecular complexity index is 1160. The van der Waals surface area contributed by atoms with Crippen LogP contribution in [-0.2, 0) is 20.0 Å². The van der Waals surface area contributed by atoms with E-state index in [1.165, 1.54) is 16.4 Å². The van der Waals surface area contributed by atoms with Gasteiger partial charge in [-0.2, -0.15) is 4.31 Å². The molecule has 8 nitrogen and oxygen atoms in total. The van der Waals surface area contributed by atoms with Gasteiger partial charge in [0.25, 0.3) is 15.9 Å². The van der Waals surface area contributed by atoms with Gasteiger partial charge in [-0.15, -0.1) is 13.2 Å². The number of benzene rings is 2.